The summed E-state index contributed by atoms with van der Waals surface area (Å²) >= 11 is 0. The summed E-state index contributed by atoms with van der Waals surface area (Å²) in [4.78, 5) is 25.7. The first-order chi connectivity index (χ1) is 12.4. The molecule has 1 fully saturated rings. The minimum absolute atomic E-state index is 0. The number of piperazine rings is 1. The van der Waals surface area contributed by atoms with Gasteiger partial charge in [0.05, 0.1) is 5.92 Å². The highest BCUT2D eigenvalue weighted by Gasteiger charge is 2.44. The molecule has 0 aromatic heterocycles. The predicted octanol–water partition coefficient (Wildman–Crippen LogP) is 1.49. The number of amides is 2. The molecule has 2 amide bonds. The molecule has 0 aliphatic carbocycles. The van der Waals surface area contributed by atoms with Gasteiger partial charge in [-0.05, 0) is 11.6 Å². The first-order valence-electron chi connectivity index (χ1n) is 8.54. The topological polar surface area (TPSA) is 73.5 Å². The SMILES string of the molecule is Cl.O=C1CC(C(=O)NCC(N2CCNCC2)C(F)(F)F)c2ccccc2N1. The fraction of sp³-hybridized carbons (Fsp3) is 0.529. The van der Waals surface area contributed by atoms with Gasteiger partial charge in [0.2, 0.25) is 11.8 Å². The third-order valence-corrected chi connectivity index (χ3v) is 4.76. The zero-order valence-corrected chi connectivity index (χ0v) is 15.3. The van der Waals surface area contributed by atoms with Gasteiger partial charge < -0.3 is 16.0 Å². The molecule has 1 saturated heterocycles. The molecule has 0 spiro atoms. The van der Waals surface area contributed by atoms with Crippen LogP contribution >= 0.6 is 12.4 Å². The van der Waals surface area contributed by atoms with E-state index in [0.717, 1.165) is 0 Å². The van der Waals surface area contributed by atoms with Crippen LogP contribution in [0.1, 0.15) is 17.9 Å². The molecule has 6 nitrogen and oxygen atoms in total. The molecule has 1 aromatic rings. The second-order valence-corrected chi connectivity index (χ2v) is 6.48. The van der Waals surface area contributed by atoms with Gasteiger partial charge in [0, 0.05) is 44.8 Å². The summed E-state index contributed by atoms with van der Waals surface area (Å²) < 4.78 is 40.3. The van der Waals surface area contributed by atoms with E-state index in [2.05, 4.69) is 16.0 Å². The van der Waals surface area contributed by atoms with Gasteiger partial charge in [-0.3, -0.25) is 14.5 Å². The Hall–Kier alpha value is -1.84. The second kappa shape index (κ2) is 8.90. The van der Waals surface area contributed by atoms with Gasteiger partial charge in [-0.25, -0.2) is 0 Å². The van der Waals surface area contributed by atoms with Crippen molar-refractivity contribution in [2.24, 2.45) is 0 Å². The third kappa shape index (κ3) is 5.12. The Balaban J connectivity index is 0.00000261. The summed E-state index contributed by atoms with van der Waals surface area (Å²) in [7, 11) is 0. The second-order valence-electron chi connectivity index (χ2n) is 6.48. The molecule has 27 heavy (non-hydrogen) atoms. The van der Waals surface area contributed by atoms with Crippen LogP contribution in [0, 0.1) is 0 Å². The lowest BCUT2D eigenvalue weighted by Crippen LogP contribution is -2.57. The van der Waals surface area contributed by atoms with Crippen molar-refractivity contribution in [2.45, 2.75) is 24.6 Å². The quantitative estimate of drug-likeness (QED) is 0.708. The number of hydrogen-bond donors (Lipinski definition) is 3. The van der Waals surface area contributed by atoms with E-state index in [9.17, 15) is 22.8 Å². The van der Waals surface area contributed by atoms with E-state index < -0.39 is 30.6 Å². The number of carbonyl (C=O) groups is 2. The fourth-order valence-electron chi connectivity index (χ4n) is 3.41. The van der Waals surface area contributed by atoms with E-state index >= 15 is 0 Å². The lowest BCUT2D eigenvalue weighted by molar-refractivity contribution is -0.184. The maximum atomic E-state index is 13.4. The Morgan fingerprint density at radius 2 is 1.93 bits per heavy atom. The molecule has 0 bridgehead atoms. The molecule has 2 aliphatic heterocycles. The van der Waals surface area contributed by atoms with Gasteiger partial charge in [-0.15, -0.1) is 12.4 Å². The molecule has 2 heterocycles. The first kappa shape index (κ1) is 21.5. The number of benzene rings is 1. The van der Waals surface area contributed by atoms with Crippen molar-refractivity contribution >= 4 is 29.9 Å². The van der Waals surface area contributed by atoms with Crippen LogP contribution in [-0.2, 0) is 9.59 Å². The van der Waals surface area contributed by atoms with Crippen molar-refractivity contribution in [1.29, 1.82) is 0 Å². The number of anilines is 1. The number of para-hydroxylation sites is 1. The number of hydrogen-bond acceptors (Lipinski definition) is 4. The van der Waals surface area contributed by atoms with Crippen LogP contribution in [0.15, 0.2) is 24.3 Å². The molecular formula is C17H22ClF3N4O2. The van der Waals surface area contributed by atoms with Gasteiger partial charge in [0.15, 0.2) is 0 Å². The van der Waals surface area contributed by atoms with E-state index in [1.807, 2.05) is 0 Å². The van der Waals surface area contributed by atoms with Gasteiger partial charge in [-0.2, -0.15) is 13.2 Å². The van der Waals surface area contributed by atoms with Crippen LogP contribution in [0.2, 0.25) is 0 Å². The standard InChI is InChI=1S/C17H21F3N4O2.ClH/c18-17(19,20)14(24-7-5-21-6-8-24)10-22-16(26)12-9-15(25)23-13-4-2-1-3-11(12)13;/h1-4,12,14,21H,5-10H2,(H,22,26)(H,23,25);1H. The number of rotatable bonds is 4. The van der Waals surface area contributed by atoms with E-state index in [4.69, 9.17) is 0 Å². The van der Waals surface area contributed by atoms with E-state index in [0.29, 0.717) is 24.3 Å². The third-order valence-electron chi connectivity index (χ3n) is 4.76. The molecule has 150 valence electrons. The average molecular weight is 407 g/mol. The Labute approximate surface area is 161 Å². The van der Waals surface area contributed by atoms with E-state index in [1.165, 1.54) is 4.90 Å². The molecule has 0 radical (unpaired) electrons. The Morgan fingerprint density at radius 3 is 2.59 bits per heavy atom. The van der Waals surface area contributed by atoms with Gasteiger partial charge >= 0.3 is 6.18 Å². The van der Waals surface area contributed by atoms with Crippen LogP contribution in [0.5, 0.6) is 0 Å². The van der Waals surface area contributed by atoms with Crippen molar-refractivity contribution in [3.8, 4) is 0 Å². The number of nitrogens with one attached hydrogen (secondary N) is 3. The summed E-state index contributed by atoms with van der Waals surface area (Å²) in [5, 5.41) is 8.10. The molecule has 3 rings (SSSR count). The minimum atomic E-state index is -4.44. The van der Waals surface area contributed by atoms with Crippen molar-refractivity contribution < 1.29 is 22.8 Å². The molecule has 3 N–H and O–H groups in total. The molecule has 0 saturated carbocycles. The first-order valence-corrected chi connectivity index (χ1v) is 8.54. The minimum Gasteiger partial charge on any atom is -0.354 e. The van der Waals surface area contributed by atoms with Crippen LogP contribution in [0.25, 0.3) is 0 Å². The average Bonchev–Trinajstić information content (AvgIpc) is 2.60. The molecule has 2 unspecified atom stereocenters. The normalized spacial score (nSPS) is 21.4. The highest BCUT2D eigenvalue weighted by molar-refractivity contribution is 6.01. The predicted molar refractivity (Wildman–Crippen MR) is 97.0 cm³/mol. The zero-order chi connectivity index (χ0) is 18.7. The zero-order valence-electron chi connectivity index (χ0n) is 14.5. The molecular weight excluding hydrogens is 385 g/mol. The number of nitrogens with zero attached hydrogens (tertiary/aromatic N) is 1. The highest BCUT2D eigenvalue weighted by atomic mass is 35.5. The lowest BCUT2D eigenvalue weighted by atomic mass is 9.90. The van der Waals surface area contributed by atoms with Crippen LogP contribution < -0.4 is 16.0 Å². The van der Waals surface area contributed by atoms with Crippen molar-refractivity contribution in [3.05, 3.63) is 29.8 Å². The maximum absolute atomic E-state index is 13.4. The van der Waals surface area contributed by atoms with E-state index in [-0.39, 0.29) is 37.8 Å². The van der Waals surface area contributed by atoms with Crippen molar-refractivity contribution in [3.63, 3.8) is 0 Å². The number of carbonyl (C=O) groups excluding carboxylic acids is 2. The monoisotopic (exact) mass is 406 g/mol. The fourth-order valence-corrected chi connectivity index (χ4v) is 3.41. The summed E-state index contributed by atoms with van der Waals surface area (Å²) in [6, 6.07) is 5.10. The largest absolute Gasteiger partial charge is 0.405 e. The van der Waals surface area contributed by atoms with Gasteiger partial charge in [0.25, 0.3) is 0 Å². The van der Waals surface area contributed by atoms with Crippen LogP contribution in [-0.4, -0.2) is 61.7 Å². The Kier molecular flexibility index (Phi) is 7.07. The van der Waals surface area contributed by atoms with Gasteiger partial charge in [0.1, 0.15) is 6.04 Å². The molecule has 2 atom stereocenters. The summed E-state index contributed by atoms with van der Waals surface area (Å²) in [5.74, 6) is -1.66. The summed E-state index contributed by atoms with van der Waals surface area (Å²) in [6.07, 6.45) is -4.51. The smallest absolute Gasteiger partial charge is 0.354 e. The van der Waals surface area contributed by atoms with Crippen molar-refractivity contribution in [1.82, 2.24) is 15.5 Å². The van der Waals surface area contributed by atoms with Crippen LogP contribution in [0.3, 0.4) is 0 Å². The van der Waals surface area contributed by atoms with Crippen molar-refractivity contribution in [2.75, 3.05) is 38.0 Å². The van der Waals surface area contributed by atoms with E-state index in [1.54, 1.807) is 24.3 Å². The summed E-state index contributed by atoms with van der Waals surface area (Å²) in [5.41, 5.74) is 1.15. The number of halogens is 4. The highest BCUT2D eigenvalue weighted by Crippen LogP contribution is 2.32. The Morgan fingerprint density at radius 1 is 1.26 bits per heavy atom. The number of alkyl halides is 3. The molecule has 2 aliphatic rings. The summed E-state index contributed by atoms with van der Waals surface area (Å²) in [6.45, 7) is 0.986. The molecule has 10 heteroatoms. The van der Waals surface area contributed by atoms with Crippen LogP contribution in [0.4, 0.5) is 18.9 Å². The number of fused-ring (bicyclic) bond motifs is 1. The lowest BCUT2D eigenvalue weighted by Gasteiger charge is -2.36. The molecule has 1 aromatic carbocycles. The van der Waals surface area contributed by atoms with Gasteiger partial charge in [-0.1, -0.05) is 18.2 Å². The Bertz CT molecular complexity index is 680. The maximum Gasteiger partial charge on any atom is 0.405 e.